The zero-order valence-electron chi connectivity index (χ0n) is 17.6. The Bertz CT molecular complexity index is 1300. The molecule has 1 aliphatic heterocycles. The van der Waals surface area contributed by atoms with Crippen LogP contribution in [0.1, 0.15) is 48.7 Å². The zero-order chi connectivity index (χ0) is 23.0. The van der Waals surface area contributed by atoms with Crippen LogP contribution in [0.25, 0.3) is 0 Å². The monoisotopic (exact) mass is 479 g/mol. The van der Waals surface area contributed by atoms with E-state index in [4.69, 9.17) is 25.5 Å². The summed E-state index contributed by atoms with van der Waals surface area (Å²) in [5.74, 6) is -0.343. The quantitative estimate of drug-likeness (QED) is 0.532. The molecule has 0 saturated heterocycles. The van der Waals surface area contributed by atoms with Gasteiger partial charge in [0.25, 0.3) is 0 Å². The van der Waals surface area contributed by atoms with Crippen LogP contribution in [0.2, 0.25) is 5.02 Å². The molecule has 0 bridgehead atoms. The molecule has 4 rings (SSSR count). The second kappa shape index (κ2) is 8.61. The van der Waals surface area contributed by atoms with Gasteiger partial charge in [0.2, 0.25) is 15.9 Å². The third-order valence-corrected chi connectivity index (χ3v) is 7.21. The molecular weight excluding hydrogens is 458 g/mol. The fraction of sp³-hybridized carbons (Fsp3) is 0.333. The molecule has 2 heterocycles. The summed E-state index contributed by atoms with van der Waals surface area (Å²) in [5.41, 5.74) is 1.86. The van der Waals surface area contributed by atoms with Gasteiger partial charge in [-0.25, -0.2) is 18.3 Å². The van der Waals surface area contributed by atoms with Crippen molar-refractivity contribution in [2.24, 2.45) is 0 Å². The van der Waals surface area contributed by atoms with Crippen LogP contribution in [0, 0.1) is 0 Å². The minimum Gasteiger partial charge on any atom is -0.495 e. The highest BCUT2D eigenvalue weighted by Gasteiger charge is 2.35. The number of nitrogens with zero attached hydrogens (tertiary/aromatic N) is 1. The molecule has 0 radical (unpaired) electrons. The Morgan fingerprint density at radius 3 is 2.78 bits per heavy atom. The van der Waals surface area contributed by atoms with Gasteiger partial charge in [-0.3, -0.25) is 0 Å². The Hall–Kier alpha value is -2.82. The largest absolute Gasteiger partial charge is 0.495 e. The van der Waals surface area contributed by atoms with Crippen LogP contribution in [0.4, 0.5) is 0 Å². The lowest BCUT2D eigenvalue weighted by Gasteiger charge is -2.25. The highest BCUT2D eigenvalue weighted by molar-refractivity contribution is 7.89. The van der Waals surface area contributed by atoms with E-state index in [0.29, 0.717) is 11.6 Å². The van der Waals surface area contributed by atoms with Gasteiger partial charge in [-0.15, -0.1) is 5.10 Å². The zero-order valence-corrected chi connectivity index (χ0v) is 19.2. The minimum atomic E-state index is -4.12. The van der Waals surface area contributed by atoms with Crippen molar-refractivity contribution in [1.82, 2.24) is 14.9 Å². The first-order valence-corrected chi connectivity index (χ1v) is 11.7. The standard InChI is InChI=1S/C21H22ClN3O6S/c1-11-10-30-15-6-4-5-14(18(11)15)12(2)19(20-23-24-21(26)31-20)25-32(27,28)17-8-7-13(22)9-16(17)29-3/h4-9,11-12,19,25H,10H2,1-3H3,(H,24,26). The lowest BCUT2D eigenvalue weighted by atomic mass is 9.86. The van der Waals surface area contributed by atoms with Crippen molar-refractivity contribution in [3.05, 3.63) is 69.0 Å². The van der Waals surface area contributed by atoms with Crippen LogP contribution in [0.5, 0.6) is 11.5 Å². The van der Waals surface area contributed by atoms with Crippen LogP contribution < -0.4 is 20.0 Å². The van der Waals surface area contributed by atoms with Gasteiger partial charge in [0, 0.05) is 28.5 Å². The van der Waals surface area contributed by atoms with E-state index < -0.39 is 27.7 Å². The van der Waals surface area contributed by atoms with E-state index in [-0.39, 0.29) is 22.5 Å². The molecule has 11 heteroatoms. The number of benzene rings is 2. The molecule has 170 valence electrons. The summed E-state index contributed by atoms with van der Waals surface area (Å²) in [7, 11) is -2.77. The first kappa shape index (κ1) is 22.4. The van der Waals surface area contributed by atoms with E-state index in [0.717, 1.165) is 16.9 Å². The number of aromatic nitrogens is 2. The lowest BCUT2D eigenvalue weighted by Crippen LogP contribution is -2.33. The molecule has 0 saturated carbocycles. The van der Waals surface area contributed by atoms with Gasteiger partial charge in [0.1, 0.15) is 22.4 Å². The molecule has 3 aromatic rings. The van der Waals surface area contributed by atoms with Gasteiger partial charge < -0.3 is 13.9 Å². The van der Waals surface area contributed by atoms with Crippen molar-refractivity contribution in [3.8, 4) is 11.5 Å². The maximum Gasteiger partial charge on any atom is 0.434 e. The molecule has 0 spiro atoms. The van der Waals surface area contributed by atoms with Gasteiger partial charge >= 0.3 is 5.76 Å². The Morgan fingerprint density at radius 1 is 1.31 bits per heavy atom. The smallest absolute Gasteiger partial charge is 0.434 e. The van der Waals surface area contributed by atoms with Gasteiger partial charge in [-0.2, -0.15) is 4.72 Å². The number of halogens is 1. The fourth-order valence-electron chi connectivity index (χ4n) is 3.92. The number of rotatable bonds is 7. The molecule has 9 nitrogen and oxygen atoms in total. The molecule has 1 aliphatic rings. The second-order valence-electron chi connectivity index (χ2n) is 7.61. The van der Waals surface area contributed by atoms with Crippen LogP contribution in [-0.2, 0) is 10.0 Å². The molecule has 2 N–H and O–H groups in total. The van der Waals surface area contributed by atoms with Crippen molar-refractivity contribution in [2.75, 3.05) is 13.7 Å². The van der Waals surface area contributed by atoms with E-state index in [1.807, 2.05) is 32.0 Å². The van der Waals surface area contributed by atoms with Crippen molar-refractivity contribution >= 4 is 21.6 Å². The molecular formula is C21H22ClN3O6S. The first-order chi connectivity index (χ1) is 15.2. The topological polar surface area (TPSA) is 124 Å². The average Bonchev–Trinajstić information content (AvgIpc) is 3.37. The van der Waals surface area contributed by atoms with Crippen molar-refractivity contribution in [1.29, 1.82) is 0 Å². The molecule has 3 atom stereocenters. The Balaban J connectivity index is 1.78. The maximum atomic E-state index is 13.3. The van der Waals surface area contributed by atoms with Gasteiger partial charge in [-0.1, -0.05) is 37.6 Å². The molecule has 3 unspecified atom stereocenters. The van der Waals surface area contributed by atoms with Crippen LogP contribution in [-0.4, -0.2) is 32.3 Å². The summed E-state index contributed by atoms with van der Waals surface area (Å²) in [6.45, 7) is 4.41. The van der Waals surface area contributed by atoms with E-state index in [9.17, 15) is 13.2 Å². The molecule has 32 heavy (non-hydrogen) atoms. The fourth-order valence-corrected chi connectivity index (χ4v) is 5.51. The van der Waals surface area contributed by atoms with E-state index in [1.165, 1.54) is 25.3 Å². The summed E-state index contributed by atoms with van der Waals surface area (Å²) in [5, 5.41) is 6.42. The summed E-state index contributed by atoms with van der Waals surface area (Å²) in [4.78, 5) is 11.5. The third-order valence-electron chi connectivity index (χ3n) is 5.49. The normalized spacial score (nSPS) is 17.4. The average molecular weight is 480 g/mol. The van der Waals surface area contributed by atoms with Gasteiger partial charge in [0.15, 0.2) is 0 Å². The number of H-pyrrole nitrogens is 1. The molecule has 0 amide bonds. The van der Waals surface area contributed by atoms with Gasteiger partial charge in [-0.05, 0) is 23.8 Å². The summed E-state index contributed by atoms with van der Waals surface area (Å²) < 4.78 is 45.4. The van der Waals surface area contributed by atoms with Crippen LogP contribution in [0.3, 0.4) is 0 Å². The van der Waals surface area contributed by atoms with E-state index >= 15 is 0 Å². The van der Waals surface area contributed by atoms with Crippen molar-refractivity contribution in [3.63, 3.8) is 0 Å². The number of hydrogen-bond donors (Lipinski definition) is 2. The van der Waals surface area contributed by atoms with Crippen LogP contribution >= 0.6 is 11.6 Å². The Kier molecular flexibility index (Phi) is 6.02. The third kappa shape index (κ3) is 4.13. The number of methoxy groups -OCH3 is 1. The van der Waals surface area contributed by atoms with Crippen molar-refractivity contribution < 1.29 is 22.3 Å². The summed E-state index contributed by atoms with van der Waals surface area (Å²) in [6, 6.07) is 8.85. The minimum absolute atomic E-state index is 0.0804. The predicted molar refractivity (Wildman–Crippen MR) is 117 cm³/mol. The Labute approximate surface area is 189 Å². The highest BCUT2D eigenvalue weighted by atomic mass is 35.5. The molecule has 2 aromatic carbocycles. The van der Waals surface area contributed by atoms with E-state index in [1.54, 1.807) is 0 Å². The number of ether oxygens (including phenoxy) is 2. The lowest BCUT2D eigenvalue weighted by molar-refractivity contribution is 0.337. The number of sulfonamides is 1. The predicted octanol–water partition coefficient (Wildman–Crippen LogP) is 3.34. The van der Waals surface area contributed by atoms with Crippen LogP contribution in [0.15, 0.2) is 50.5 Å². The van der Waals surface area contributed by atoms with Crippen molar-refractivity contribution in [2.45, 2.75) is 36.6 Å². The first-order valence-electron chi connectivity index (χ1n) is 9.88. The second-order valence-corrected chi connectivity index (χ2v) is 9.72. The van der Waals surface area contributed by atoms with Gasteiger partial charge in [0.05, 0.1) is 13.7 Å². The summed E-state index contributed by atoms with van der Waals surface area (Å²) in [6.07, 6.45) is 0. The molecule has 0 fully saturated rings. The maximum absolute atomic E-state index is 13.3. The molecule has 0 aliphatic carbocycles. The number of aromatic amines is 1. The number of hydrogen-bond acceptors (Lipinski definition) is 7. The number of fused-ring (bicyclic) bond motifs is 1. The number of nitrogens with one attached hydrogen (secondary N) is 2. The van der Waals surface area contributed by atoms with E-state index in [2.05, 4.69) is 14.9 Å². The SMILES string of the molecule is COc1cc(Cl)ccc1S(=O)(=O)NC(c1n[nH]c(=O)o1)C(C)c1cccc2c1C(C)CO2. The molecule has 1 aromatic heterocycles. The highest BCUT2D eigenvalue weighted by Crippen LogP contribution is 2.42. The Morgan fingerprint density at radius 2 is 2.09 bits per heavy atom. The summed E-state index contributed by atoms with van der Waals surface area (Å²) >= 11 is 5.98.